The van der Waals surface area contributed by atoms with Gasteiger partial charge < -0.3 is 14.6 Å². The van der Waals surface area contributed by atoms with E-state index in [1.165, 1.54) is 19.1 Å². The first-order valence-electron chi connectivity index (χ1n) is 9.37. The van der Waals surface area contributed by atoms with E-state index in [9.17, 15) is 4.21 Å². The molecule has 0 bridgehead atoms. The first-order valence-corrected chi connectivity index (χ1v) is 11.7. The Morgan fingerprint density at radius 3 is 2.90 bits per heavy atom. The average Bonchev–Trinajstić information content (AvgIpc) is 3.14. The molecule has 2 aromatic heterocycles. The minimum absolute atomic E-state index is 0.351. The van der Waals surface area contributed by atoms with Gasteiger partial charge in [-0.05, 0) is 36.2 Å². The molecule has 2 unspecified atom stereocenters. The predicted octanol–water partition coefficient (Wildman–Crippen LogP) is 5.23. The summed E-state index contributed by atoms with van der Waals surface area (Å²) in [7, 11) is -1.33. The summed E-state index contributed by atoms with van der Waals surface area (Å²) in [5.74, 6) is 1.75. The van der Waals surface area contributed by atoms with Gasteiger partial charge in [-0.25, -0.2) is 14.0 Å². The fourth-order valence-corrected chi connectivity index (χ4v) is 4.38. The lowest BCUT2D eigenvalue weighted by Crippen LogP contribution is -2.10. The summed E-state index contributed by atoms with van der Waals surface area (Å²) in [4.78, 5) is 9.32. The zero-order chi connectivity index (χ0) is 21.5. The molecule has 1 aliphatic rings. The van der Waals surface area contributed by atoms with Crippen LogP contribution in [-0.4, -0.2) is 32.1 Å². The number of hydrogen-bond donors (Lipinski definition) is 2. The maximum Gasteiger partial charge on any atom is 0.229 e. The van der Waals surface area contributed by atoms with Gasteiger partial charge in [-0.15, -0.1) is 0 Å². The maximum atomic E-state index is 12.0. The van der Waals surface area contributed by atoms with Crippen molar-refractivity contribution in [1.29, 1.82) is 4.78 Å². The molecule has 0 saturated heterocycles. The number of aromatic nitrogens is 3. The van der Waals surface area contributed by atoms with Crippen LogP contribution in [0.25, 0.3) is 11.9 Å². The number of rotatable bonds is 5. The number of ether oxygens (including phenoxy) is 1. The smallest absolute Gasteiger partial charge is 0.229 e. The number of nitrogens with zero attached hydrogens (tertiary/aromatic N) is 3. The first-order chi connectivity index (χ1) is 14.3. The van der Waals surface area contributed by atoms with Gasteiger partial charge in [0.2, 0.25) is 5.95 Å². The Bertz CT molecular complexity index is 1250. The number of benzene rings is 1. The Morgan fingerprint density at radius 2 is 2.17 bits per heavy atom. The second kappa shape index (κ2) is 7.77. The summed E-state index contributed by atoms with van der Waals surface area (Å²) >= 11 is 6.44. The van der Waals surface area contributed by atoms with Crippen LogP contribution in [0.2, 0.25) is 5.02 Å². The molecule has 30 heavy (non-hydrogen) atoms. The highest BCUT2D eigenvalue weighted by molar-refractivity contribution is 7.91. The topological polar surface area (TPSA) is 92.9 Å². The Labute approximate surface area is 180 Å². The Kier molecular flexibility index (Phi) is 5.29. The lowest BCUT2D eigenvalue weighted by Gasteiger charge is -2.19. The number of hydrogen-bond acceptors (Lipinski definition) is 6. The molecule has 1 aromatic carbocycles. The van der Waals surface area contributed by atoms with E-state index in [2.05, 4.69) is 40.4 Å². The van der Waals surface area contributed by atoms with E-state index in [1.807, 2.05) is 10.8 Å². The molecule has 1 aliphatic carbocycles. The third kappa shape index (κ3) is 3.80. The van der Waals surface area contributed by atoms with Gasteiger partial charge in [-0.3, -0.25) is 0 Å². The molecule has 2 heterocycles. The molecule has 4 rings (SSSR count). The van der Waals surface area contributed by atoms with E-state index in [0.717, 1.165) is 12.0 Å². The third-order valence-electron chi connectivity index (χ3n) is 5.04. The highest BCUT2D eigenvalue weighted by Crippen LogP contribution is 2.34. The molecule has 0 spiro atoms. The van der Waals surface area contributed by atoms with Gasteiger partial charge in [0.15, 0.2) is 5.82 Å². The van der Waals surface area contributed by atoms with Crippen molar-refractivity contribution >= 4 is 39.0 Å². The highest BCUT2D eigenvalue weighted by Gasteiger charge is 2.20. The maximum absolute atomic E-state index is 12.0. The number of anilines is 2. The van der Waals surface area contributed by atoms with Gasteiger partial charge in [0, 0.05) is 24.1 Å². The molecule has 0 amide bonds. The van der Waals surface area contributed by atoms with Crippen molar-refractivity contribution in [3.8, 4) is 11.6 Å². The van der Waals surface area contributed by atoms with E-state index in [1.54, 1.807) is 24.4 Å². The minimum atomic E-state index is -2.85. The van der Waals surface area contributed by atoms with Crippen LogP contribution in [0.4, 0.5) is 11.6 Å². The van der Waals surface area contributed by atoms with Crippen LogP contribution in [0.1, 0.15) is 30.5 Å². The molecule has 0 radical (unpaired) electrons. The van der Waals surface area contributed by atoms with Gasteiger partial charge in [0.25, 0.3) is 0 Å². The van der Waals surface area contributed by atoms with Gasteiger partial charge in [-0.1, -0.05) is 30.7 Å². The molecule has 3 aromatic rings. The Balaban J connectivity index is 1.72. The van der Waals surface area contributed by atoms with Crippen molar-refractivity contribution < 1.29 is 8.95 Å². The summed E-state index contributed by atoms with van der Waals surface area (Å²) in [5.41, 5.74) is 2.93. The number of fused-ring (bicyclic) bond motifs is 1. The second-order valence-electron chi connectivity index (χ2n) is 7.26. The molecule has 2 atom stereocenters. The fourth-order valence-electron chi connectivity index (χ4n) is 3.54. The number of methoxy groups -OCH3 is 1. The number of halogens is 1. The summed E-state index contributed by atoms with van der Waals surface area (Å²) in [6.07, 6.45) is 10.2. The number of nitrogens with one attached hydrogen (secondary N) is 2. The number of allylic oxidation sites excluding steroid dienone is 1. The zero-order valence-electron chi connectivity index (χ0n) is 16.8. The Morgan fingerprint density at radius 1 is 1.37 bits per heavy atom. The van der Waals surface area contributed by atoms with Crippen molar-refractivity contribution in [2.24, 2.45) is 0 Å². The summed E-state index contributed by atoms with van der Waals surface area (Å²) in [6, 6.07) is 6.98. The summed E-state index contributed by atoms with van der Waals surface area (Å²) < 4.78 is 27.2. The van der Waals surface area contributed by atoms with Crippen LogP contribution in [0, 0.1) is 4.78 Å². The van der Waals surface area contributed by atoms with Crippen LogP contribution in [0.3, 0.4) is 0 Å². The molecule has 7 nitrogen and oxygen atoms in total. The van der Waals surface area contributed by atoms with Crippen LogP contribution < -0.4 is 10.1 Å². The zero-order valence-corrected chi connectivity index (χ0v) is 18.4. The lowest BCUT2D eigenvalue weighted by molar-refractivity contribution is 0.415. The molecule has 9 heteroatoms. The molecule has 0 saturated carbocycles. The second-order valence-corrected chi connectivity index (χ2v) is 9.83. The van der Waals surface area contributed by atoms with Gasteiger partial charge in [-0.2, -0.15) is 4.98 Å². The standard InChI is InChI=1S/C21H22ClN5O2S/c1-13-5-4-6-14-9-10-27(19(13)14)20-16(22)12-24-21(26-20)25-17-8-7-15(30(3,23)28)11-18(17)29-2/h4,6-13,23H,5H2,1-3H3,(H,24,25,26). The van der Waals surface area contributed by atoms with Crippen molar-refractivity contribution in [1.82, 2.24) is 14.5 Å². The van der Waals surface area contributed by atoms with Crippen LogP contribution in [0.5, 0.6) is 5.75 Å². The van der Waals surface area contributed by atoms with Crippen molar-refractivity contribution in [2.45, 2.75) is 24.2 Å². The lowest BCUT2D eigenvalue weighted by atomic mass is 9.95. The first kappa shape index (κ1) is 20.4. The largest absolute Gasteiger partial charge is 0.495 e. The van der Waals surface area contributed by atoms with Crippen molar-refractivity contribution in [3.63, 3.8) is 0 Å². The molecular weight excluding hydrogens is 422 g/mol. The quantitative estimate of drug-likeness (QED) is 0.563. The van der Waals surface area contributed by atoms with Crippen LogP contribution in [0.15, 0.2) is 47.6 Å². The summed E-state index contributed by atoms with van der Waals surface area (Å²) in [6.45, 7) is 2.18. The van der Waals surface area contributed by atoms with Crippen molar-refractivity contribution in [2.75, 3.05) is 18.7 Å². The van der Waals surface area contributed by atoms with Gasteiger partial charge >= 0.3 is 0 Å². The van der Waals surface area contributed by atoms with Crippen molar-refractivity contribution in [3.05, 3.63) is 59.0 Å². The molecule has 0 fully saturated rings. The van der Waals surface area contributed by atoms with E-state index in [0.29, 0.717) is 39.0 Å². The van der Waals surface area contributed by atoms with E-state index < -0.39 is 9.73 Å². The molecule has 0 aliphatic heterocycles. The third-order valence-corrected chi connectivity index (χ3v) is 6.46. The fraction of sp³-hybridized carbons (Fsp3) is 0.238. The van der Waals surface area contributed by atoms with Gasteiger partial charge in [0.05, 0.1) is 33.6 Å². The van der Waals surface area contributed by atoms with Crippen LogP contribution >= 0.6 is 11.6 Å². The minimum Gasteiger partial charge on any atom is -0.495 e. The normalized spacial score (nSPS) is 17.3. The Hall–Kier alpha value is -2.84. The van der Waals surface area contributed by atoms with E-state index in [4.69, 9.17) is 21.1 Å². The van der Waals surface area contributed by atoms with Gasteiger partial charge in [0.1, 0.15) is 10.8 Å². The van der Waals surface area contributed by atoms with E-state index in [-0.39, 0.29) is 0 Å². The molecule has 156 valence electrons. The monoisotopic (exact) mass is 443 g/mol. The SMILES string of the molecule is COc1cc(S(C)(=N)=O)ccc1Nc1ncc(Cl)c(-n2ccc3c2C(C)CC=C3)n1. The van der Waals surface area contributed by atoms with E-state index >= 15 is 0 Å². The predicted molar refractivity (Wildman–Crippen MR) is 120 cm³/mol. The van der Waals surface area contributed by atoms with Crippen LogP contribution in [-0.2, 0) is 9.73 Å². The molecule has 2 N–H and O–H groups in total. The highest BCUT2D eigenvalue weighted by atomic mass is 35.5. The molecular formula is C21H22ClN5O2S. The summed E-state index contributed by atoms with van der Waals surface area (Å²) in [5, 5.41) is 3.58. The average molecular weight is 444 g/mol.